The van der Waals surface area contributed by atoms with Gasteiger partial charge >= 0.3 is 0 Å². The van der Waals surface area contributed by atoms with Crippen LogP contribution in [0.5, 0.6) is 0 Å². The summed E-state index contributed by atoms with van der Waals surface area (Å²) in [5.41, 5.74) is 3.59. The number of nitrogens with one attached hydrogen (secondary N) is 1. The predicted molar refractivity (Wildman–Crippen MR) is 71.0 cm³/mol. The summed E-state index contributed by atoms with van der Waals surface area (Å²) >= 11 is 0. The third-order valence-electron chi connectivity index (χ3n) is 2.91. The number of nitrogen functional groups attached to an aromatic ring is 1. The minimum atomic E-state index is -1.25. The molecule has 0 saturated heterocycles. The molecule has 1 aromatic heterocycles. The zero-order valence-corrected chi connectivity index (χ0v) is 10.8. The maximum absolute atomic E-state index is 14.0. The van der Waals surface area contributed by atoms with E-state index in [1.165, 1.54) is 13.0 Å². The van der Waals surface area contributed by atoms with E-state index in [0.29, 0.717) is 5.56 Å². The number of benzene rings is 1. The number of nitriles is 2. The topological polar surface area (TPSA) is 106 Å². The van der Waals surface area contributed by atoms with Gasteiger partial charge < -0.3 is 10.7 Å². The summed E-state index contributed by atoms with van der Waals surface area (Å²) < 4.78 is 27.6. The molecule has 0 aliphatic rings. The quantitative estimate of drug-likeness (QED) is 0.835. The van der Waals surface area contributed by atoms with Gasteiger partial charge in [-0.25, -0.2) is 8.78 Å². The van der Waals surface area contributed by atoms with Crippen LogP contribution in [-0.4, -0.2) is 4.98 Å². The predicted octanol–water partition coefficient (Wildman–Crippen LogP) is 1.95. The van der Waals surface area contributed by atoms with Gasteiger partial charge in [-0.05, 0) is 24.6 Å². The lowest BCUT2D eigenvalue weighted by molar-refractivity contribution is 0.510. The molecule has 2 aromatic rings. The van der Waals surface area contributed by atoms with E-state index in [1.807, 2.05) is 0 Å². The maximum Gasteiger partial charge on any atom is 0.268 e. The Hall–Kier alpha value is -3.19. The van der Waals surface area contributed by atoms with Gasteiger partial charge in [0.2, 0.25) is 0 Å². The molecule has 0 atom stereocenters. The molecule has 1 heterocycles. The van der Waals surface area contributed by atoms with E-state index in [4.69, 9.17) is 16.3 Å². The fourth-order valence-electron chi connectivity index (χ4n) is 2.02. The Bertz CT molecular complexity index is 888. The highest BCUT2D eigenvalue weighted by atomic mass is 19.2. The second-order valence-electron chi connectivity index (χ2n) is 4.32. The highest BCUT2D eigenvalue weighted by molar-refractivity contribution is 5.80. The van der Waals surface area contributed by atoms with Gasteiger partial charge in [-0.1, -0.05) is 0 Å². The molecule has 1 aromatic carbocycles. The highest BCUT2D eigenvalue weighted by Crippen LogP contribution is 2.31. The van der Waals surface area contributed by atoms with Crippen LogP contribution >= 0.6 is 0 Å². The fraction of sp³-hybridized carbons (Fsp3) is 0.0714. The summed E-state index contributed by atoms with van der Waals surface area (Å²) in [6, 6.07) is 5.50. The molecule has 0 fully saturated rings. The first-order chi connectivity index (χ1) is 9.90. The summed E-state index contributed by atoms with van der Waals surface area (Å²) in [7, 11) is 0. The molecule has 21 heavy (non-hydrogen) atoms. The summed E-state index contributed by atoms with van der Waals surface area (Å²) in [6.07, 6.45) is 0. The Labute approximate surface area is 117 Å². The minimum Gasteiger partial charge on any atom is -0.384 e. The first kappa shape index (κ1) is 14.2. The molecule has 0 unspecified atom stereocenters. The number of aromatic amines is 1. The summed E-state index contributed by atoms with van der Waals surface area (Å²) in [5.74, 6) is -2.70. The number of nitrogens with zero attached hydrogens (tertiary/aromatic N) is 2. The number of anilines is 1. The zero-order valence-electron chi connectivity index (χ0n) is 10.8. The average Bonchev–Trinajstić information content (AvgIpc) is 2.42. The molecule has 0 spiro atoms. The van der Waals surface area contributed by atoms with Crippen molar-refractivity contribution >= 4 is 5.82 Å². The van der Waals surface area contributed by atoms with Gasteiger partial charge in [0.1, 0.15) is 29.1 Å². The molecule has 0 aliphatic heterocycles. The first-order valence-corrected chi connectivity index (χ1v) is 5.72. The number of aromatic nitrogens is 1. The molecular weight excluding hydrogens is 278 g/mol. The number of nitrogens with two attached hydrogens (primary N) is 1. The average molecular weight is 286 g/mol. The fourth-order valence-corrected chi connectivity index (χ4v) is 2.02. The Morgan fingerprint density at radius 3 is 2.38 bits per heavy atom. The van der Waals surface area contributed by atoms with Crippen LogP contribution in [0.3, 0.4) is 0 Å². The third-order valence-corrected chi connectivity index (χ3v) is 2.91. The van der Waals surface area contributed by atoms with E-state index in [-0.39, 0.29) is 22.5 Å². The number of hydrogen-bond donors (Lipinski definition) is 2. The van der Waals surface area contributed by atoms with Crippen LogP contribution in [0.2, 0.25) is 0 Å². The van der Waals surface area contributed by atoms with Crippen LogP contribution in [-0.2, 0) is 0 Å². The van der Waals surface area contributed by atoms with Gasteiger partial charge in [0.05, 0.1) is 0 Å². The van der Waals surface area contributed by atoms with E-state index < -0.39 is 22.8 Å². The summed E-state index contributed by atoms with van der Waals surface area (Å²) in [6.45, 7) is 1.51. The molecule has 0 saturated carbocycles. The van der Waals surface area contributed by atoms with Crippen LogP contribution in [0.1, 0.15) is 16.7 Å². The van der Waals surface area contributed by atoms with Crippen LogP contribution in [0.25, 0.3) is 11.1 Å². The first-order valence-electron chi connectivity index (χ1n) is 5.72. The standard InChI is InChI=1S/C14H8F2N4O/c1-6-2-7(12(16)10(15)3-6)11-8(4-17)13(19)20-14(21)9(11)5-18/h2-3H,1H3,(H3,19,20,21). The van der Waals surface area contributed by atoms with E-state index >= 15 is 0 Å². The van der Waals surface area contributed by atoms with Gasteiger partial charge in [-0.15, -0.1) is 0 Å². The van der Waals surface area contributed by atoms with Crippen molar-refractivity contribution in [1.82, 2.24) is 4.98 Å². The van der Waals surface area contributed by atoms with Crippen molar-refractivity contribution < 1.29 is 8.78 Å². The molecule has 3 N–H and O–H groups in total. The number of H-pyrrole nitrogens is 1. The van der Waals surface area contributed by atoms with Crippen molar-refractivity contribution in [2.24, 2.45) is 0 Å². The lowest BCUT2D eigenvalue weighted by atomic mass is 9.95. The molecule has 5 nitrogen and oxygen atoms in total. The number of aryl methyl sites for hydroxylation is 1. The number of rotatable bonds is 1. The number of pyridine rings is 1. The summed E-state index contributed by atoms with van der Waals surface area (Å²) in [5, 5.41) is 18.2. The van der Waals surface area contributed by atoms with Crippen molar-refractivity contribution in [3.63, 3.8) is 0 Å². The molecule has 0 radical (unpaired) electrons. The van der Waals surface area contributed by atoms with Crippen LogP contribution in [0.4, 0.5) is 14.6 Å². The monoisotopic (exact) mass is 286 g/mol. The van der Waals surface area contributed by atoms with E-state index in [2.05, 4.69) is 4.98 Å². The van der Waals surface area contributed by atoms with Crippen molar-refractivity contribution in [1.29, 1.82) is 10.5 Å². The van der Waals surface area contributed by atoms with E-state index in [1.54, 1.807) is 12.1 Å². The molecule has 104 valence electrons. The molecule has 0 bridgehead atoms. The van der Waals surface area contributed by atoms with Gasteiger partial charge in [0, 0.05) is 11.1 Å². The number of hydrogen-bond acceptors (Lipinski definition) is 4. The Morgan fingerprint density at radius 1 is 1.19 bits per heavy atom. The Morgan fingerprint density at radius 2 is 1.81 bits per heavy atom. The normalized spacial score (nSPS) is 9.95. The van der Waals surface area contributed by atoms with E-state index in [0.717, 1.165) is 6.07 Å². The van der Waals surface area contributed by atoms with Gasteiger partial charge in [0.15, 0.2) is 11.6 Å². The summed E-state index contributed by atoms with van der Waals surface area (Å²) in [4.78, 5) is 13.9. The molecule has 7 heteroatoms. The molecule has 2 rings (SSSR count). The lowest BCUT2D eigenvalue weighted by Crippen LogP contribution is -2.16. The Balaban J connectivity index is 3.04. The van der Waals surface area contributed by atoms with Crippen LogP contribution in [0, 0.1) is 41.2 Å². The van der Waals surface area contributed by atoms with Crippen molar-refractivity contribution in [2.75, 3.05) is 5.73 Å². The van der Waals surface area contributed by atoms with Gasteiger partial charge in [-0.3, -0.25) is 4.79 Å². The minimum absolute atomic E-state index is 0.282. The molecule has 0 amide bonds. The SMILES string of the molecule is Cc1cc(F)c(F)c(-c2c(C#N)c(N)[nH]c(=O)c2C#N)c1. The second-order valence-corrected chi connectivity index (χ2v) is 4.32. The third kappa shape index (κ3) is 2.21. The van der Waals surface area contributed by atoms with Gasteiger partial charge in [0.25, 0.3) is 5.56 Å². The van der Waals surface area contributed by atoms with Crippen molar-refractivity contribution in [3.05, 3.63) is 50.8 Å². The molecular formula is C14H8F2N4O. The van der Waals surface area contributed by atoms with Crippen molar-refractivity contribution in [2.45, 2.75) is 6.92 Å². The van der Waals surface area contributed by atoms with Crippen LogP contribution in [0.15, 0.2) is 16.9 Å². The van der Waals surface area contributed by atoms with Crippen LogP contribution < -0.4 is 11.3 Å². The largest absolute Gasteiger partial charge is 0.384 e. The second kappa shape index (κ2) is 5.06. The Kier molecular flexibility index (Phi) is 3.43. The zero-order chi connectivity index (χ0) is 15.7. The number of halogens is 2. The van der Waals surface area contributed by atoms with E-state index in [9.17, 15) is 13.6 Å². The molecule has 0 aliphatic carbocycles. The maximum atomic E-state index is 14.0. The lowest BCUT2D eigenvalue weighted by Gasteiger charge is -2.11. The highest BCUT2D eigenvalue weighted by Gasteiger charge is 2.22. The smallest absolute Gasteiger partial charge is 0.268 e. The van der Waals surface area contributed by atoms with Crippen molar-refractivity contribution in [3.8, 4) is 23.3 Å². The van der Waals surface area contributed by atoms with Gasteiger partial charge in [-0.2, -0.15) is 10.5 Å².